The van der Waals surface area contributed by atoms with Crippen LogP contribution in [0, 0.1) is 0 Å². The first-order chi connectivity index (χ1) is 10.2. The topological polar surface area (TPSA) is 51.7 Å². The highest BCUT2D eigenvalue weighted by molar-refractivity contribution is 9.10. The maximum atomic E-state index is 12.3. The van der Waals surface area contributed by atoms with E-state index in [-0.39, 0.29) is 5.97 Å². The van der Waals surface area contributed by atoms with Crippen molar-refractivity contribution in [3.63, 3.8) is 0 Å². The average molecular weight is 371 g/mol. The van der Waals surface area contributed by atoms with Crippen molar-refractivity contribution in [2.24, 2.45) is 0 Å². The van der Waals surface area contributed by atoms with Crippen molar-refractivity contribution in [2.75, 3.05) is 37.8 Å². The van der Waals surface area contributed by atoms with E-state index in [4.69, 9.17) is 9.47 Å². The van der Waals surface area contributed by atoms with Crippen LogP contribution in [0.1, 0.15) is 17.3 Å². The molecule has 0 spiro atoms. The molecule has 3 rings (SSSR count). The third-order valence-electron chi connectivity index (χ3n) is 3.33. The first kappa shape index (κ1) is 14.7. The average Bonchev–Trinajstić information content (AvgIpc) is 2.94. The summed E-state index contributed by atoms with van der Waals surface area (Å²) < 4.78 is 12.2. The molecule has 21 heavy (non-hydrogen) atoms. The third kappa shape index (κ3) is 2.77. The minimum atomic E-state index is -0.339. The first-order valence-electron chi connectivity index (χ1n) is 6.79. The Morgan fingerprint density at radius 3 is 3.00 bits per heavy atom. The number of aromatic nitrogens is 1. The summed E-state index contributed by atoms with van der Waals surface area (Å²) in [6, 6.07) is 1.96. The van der Waals surface area contributed by atoms with Gasteiger partial charge in [0.05, 0.1) is 35.7 Å². The second kappa shape index (κ2) is 6.29. The van der Waals surface area contributed by atoms with Gasteiger partial charge >= 0.3 is 5.97 Å². The van der Waals surface area contributed by atoms with E-state index in [0.717, 1.165) is 29.0 Å². The third-order valence-corrected chi connectivity index (χ3v) is 4.81. The van der Waals surface area contributed by atoms with Gasteiger partial charge in [-0.25, -0.2) is 9.78 Å². The van der Waals surface area contributed by atoms with Gasteiger partial charge < -0.3 is 14.4 Å². The van der Waals surface area contributed by atoms with Crippen LogP contribution in [0.2, 0.25) is 0 Å². The number of rotatable bonds is 3. The van der Waals surface area contributed by atoms with E-state index in [0.29, 0.717) is 30.0 Å². The summed E-state index contributed by atoms with van der Waals surface area (Å²) in [6.07, 6.45) is 0. The molecule has 3 heterocycles. The molecular formula is C14H15BrN2O3S. The molecule has 0 radical (unpaired) electrons. The molecule has 0 bridgehead atoms. The number of carbonyl (C=O) groups excluding carboxylic acids is 1. The molecule has 1 aliphatic rings. The lowest BCUT2D eigenvalue weighted by atomic mass is 10.2. The van der Waals surface area contributed by atoms with Crippen LogP contribution < -0.4 is 4.90 Å². The van der Waals surface area contributed by atoms with E-state index in [1.165, 1.54) is 0 Å². The van der Waals surface area contributed by atoms with Crippen LogP contribution in [0.3, 0.4) is 0 Å². The molecule has 0 amide bonds. The van der Waals surface area contributed by atoms with Crippen molar-refractivity contribution < 1.29 is 14.3 Å². The van der Waals surface area contributed by atoms with Crippen LogP contribution in [0.4, 0.5) is 5.69 Å². The summed E-state index contributed by atoms with van der Waals surface area (Å²) in [7, 11) is 0. The Morgan fingerprint density at radius 2 is 2.29 bits per heavy atom. The van der Waals surface area contributed by atoms with Crippen molar-refractivity contribution >= 4 is 49.1 Å². The Morgan fingerprint density at radius 1 is 1.52 bits per heavy atom. The molecule has 1 aliphatic heterocycles. The monoisotopic (exact) mass is 370 g/mol. The van der Waals surface area contributed by atoms with Gasteiger partial charge in [-0.15, -0.1) is 11.3 Å². The second-order valence-corrected chi connectivity index (χ2v) is 6.25. The molecule has 2 aromatic heterocycles. The number of nitrogens with zero attached hydrogens (tertiary/aromatic N) is 2. The minimum absolute atomic E-state index is 0.339. The standard InChI is InChI=1S/C14H15BrN2O3S/c1-2-20-14(18)10-11(17-4-6-19-7-5-17)12-9(3-8-21-12)16-13(10)15/h3,8H,2,4-7H2,1H3. The van der Waals surface area contributed by atoms with Crippen molar-refractivity contribution in [3.05, 3.63) is 21.6 Å². The van der Waals surface area contributed by atoms with Gasteiger partial charge in [-0.2, -0.15) is 0 Å². The second-order valence-electron chi connectivity index (χ2n) is 4.58. The summed E-state index contributed by atoms with van der Waals surface area (Å²) in [5.41, 5.74) is 2.30. The van der Waals surface area contributed by atoms with Crippen LogP contribution >= 0.6 is 27.3 Å². The smallest absolute Gasteiger partial charge is 0.343 e. The fourth-order valence-electron chi connectivity index (χ4n) is 2.41. The zero-order chi connectivity index (χ0) is 14.8. The Labute approximate surface area is 135 Å². The SMILES string of the molecule is CCOC(=O)c1c(Br)nc2ccsc2c1N1CCOCC1. The quantitative estimate of drug-likeness (QED) is 0.613. The molecule has 0 N–H and O–H groups in total. The van der Waals surface area contributed by atoms with Crippen LogP contribution in [0.5, 0.6) is 0 Å². The fourth-order valence-corrected chi connectivity index (χ4v) is 3.86. The summed E-state index contributed by atoms with van der Waals surface area (Å²) in [6.45, 7) is 4.99. The number of thiophene rings is 1. The summed E-state index contributed by atoms with van der Waals surface area (Å²) in [5.74, 6) is -0.339. The Bertz CT molecular complexity index is 668. The summed E-state index contributed by atoms with van der Waals surface area (Å²) >= 11 is 5.02. The summed E-state index contributed by atoms with van der Waals surface area (Å²) in [4.78, 5) is 19.0. The largest absolute Gasteiger partial charge is 0.462 e. The van der Waals surface area contributed by atoms with E-state index in [2.05, 4.69) is 25.8 Å². The summed E-state index contributed by atoms with van der Waals surface area (Å²) in [5, 5.41) is 1.99. The number of ether oxygens (including phenoxy) is 2. The molecule has 1 fully saturated rings. The zero-order valence-electron chi connectivity index (χ0n) is 11.6. The van der Waals surface area contributed by atoms with Crippen molar-refractivity contribution in [2.45, 2.75) is 6.92 Å². The van der Waals surface area contributed by atoms with Crippen LogP contribution in [0.15, 0.2) is 16.0 Å². The van der Waals surface area contributed by atoms with Gasteiger partial charge in [-0.05, 0) is 34.3 Å². The zero-order valence-corrected chi connectivity index (χ0v) is 14.0. The minimum Gasteiger partial charge on any atom is -0.462 e. The number of hydrogen-bond donors (Lipinski definition) is 0. The number of halogens is 1. The number of morpholine rings is 1. The highest BCUT2D eigenvalue weighted by atomic mass is 79.9. The van der Waals surface area contributed by atoms with E-state index >= 15 is 0 Å². The lowest BCUT2D eigenvalue weighted by Crippen LogP contribution is -2.37. The van der Waals surface area contributed by atoms with Gasteiger partial charge in [0.1, 0.15) is 10.2 Å². The van der Waals surface area contributed by atoms with Gasteiger partial charge in [0.15, 0.2) is 0 Å². The van der Waals surface area contributed by atoms with Gasteiger partial charge in [0.25, 0.3) is 0 Å². The molecule has 1 saturated heterocycles. The number of pyridine rings is 1. The molecule has 0 unspecified atom stereocenters. The number of fused-ring (bicyclic) bond motifs is 1. The Balaban J connectivity index is 2.18. The van der Waals surface area contributed by atoms with Crippen molar-refractivity contribution in [3.8, 4) is 0 Å². The molecule has 5 nitrogen and oxygen atoms in total. The molecule has 112 valence electrons. The number of carbonyl (C=O) groups is 1. The van der Waals surface area contributed by atoms with Gasteiger partial charge in [0.2, 0.25) is 0 Å². The Kier molecular flexibility index (Phi) is 4.42. The molecule has 0 saturated carbocycles. The van der Waals surface area contributed by atoms with Gasteiger partial charge in [-0.1, -0.05) is 0 Å². The van der Waals surface area contributed by atoms with Gasteiger partial charge in [-0.3, -0.25) is 0 Å². The van der Waals surface area contributed by atoms with Crippen LogP contribution in [-0.2, 0) is 9.47 Å². The normalized spacial score (nSPS) is 15.4. The van der Waals surface area contributed by atoms with E-state index in [1.807, 2.05) is 11.4 Å². The molecule has 2 aromatic rings. The van der Waals surface area contributed by atoms with E-state index in [9.17, 15) is 4.79 Å². The number of esters is 1. The molecule has 7 heteroatoms. The number of anilines is 1. The molecular weight excluding hydrogens is 356 g/mol. The number of hydrogen-bond acceptors (Lipinski definition) is 6. The highest BCUT2D eigenvalue weighted by Crippen LogP contribution is 2.38. The maximum Gasteiger partial charge on any atom is 0.343 e. The van der Waals surface area contributed by atoms with Gasteiger partial charge in [0, 0.05) is 13.1 Å². The molecule has 0 aromatic carbocycles. The fraction of sp³-hybridized carbons (Fsp3) is 0.429. The predicted octanol–water partition coefficient (Wildman–Crippen LogP) is 3.07. The lowest BCUT2D eigenvalue weighted by Gasteiger charge is -2.30. The highest BCUT2D eigenvalue weighted by Gasteiger charge is 2.26. The van der Waals surface area contributed by atoms with Crippen LogP contribution in [-0.4, -0.2) is 43.9 Å². The first-order valence-corrected chi connectivity index (χ1v) is 8.46. The lowest BCUT2D eigenvalue weighted by molar-refractivity contribution is 0.0524. The van der Waals surface area contributed by atoms with Crippen molar-refractivity contribution in [1.82, 2.24) is 4.98 Å². The molecule has 0 atom stereocenters. The Hall–Kier alpha value is -1.18. The van der Waals surface area contributed by atoms with Crippen molar-refractivity contribution in [1.29, 1.82) is 0 Å². The van der Waals surface area contributed by atoms with E-state index < -0.39 is 0 Å². The maximum absolute atomic E-state index is 12.3. The van der Waals surface area contributed by atoms with Crippen LogP contribution in [0.25, 0.3) is 10.2 Å². The van der Waals surface area contributed by atoms with E-state index in [1.54, 1.807) is 18.3 Å². The predicted molar refractivity (Wildman–Crippen MR) is 86.3 cm³/mol. The molecule has 0 aliphatic carbocycles.